The van der Waals surface area contributed by atoms with Crippen LogP contribution in [0.4, 0.5) is 9.18 Å². The number of hydrogen-bond donors (Lipinski definition) is 3. The van der Waals surface area contributed by atoms with Crippen molar-refractivity contribution in [3.8, 4) is 11.1 Å². The largest absolute Gasteiger partial charge is 0.481 e. The third-order valence-electron chi connectivity index (χ3n) is 5.53. The second-order valence-corrected chi connectivity index (χ2v) is 7.84. The van der Waals surface area contributed by atoms with Gasteiger partial charge in [0.1, 0.15) is 5.82 Å². The molecule has 0 fully saturated rings. The Kier molecular flexibility index (Phi) is 6.91. The van der Waals surface area contributed by atoms with E-state index in [1.54, 1.807) is 19.1 Å². The number of carbonyl (C=O) groups is 4. The molecule has 0 bridgehead atoms. The second-order valence-electron chi connectivity index (χ2n) is 7.84. The first-order chi connectivity index (χ1) is 15.6. The molecule has 0 radical (unpaired) electrons. The zero-order chi connectivity index (χ0) is 24.3. The van der Waals surface area contributed by atoms with Crippen LogP contribution in [0.5, 0.6) is 0 Å². The number of amides is 3. The molecular formula is C24H24FN3O5. The van der Waals surface area contributed by atoms with Crippen LogP contribution in [-0.4, -0.2) is 46.8 Å². The molecule has 0 saturated carbocycles. The number of ketones is 1. The van der Waals surface area contributed by atoms with Gasteiger partial charge in [0.05, 0.1) is 12.5 Å². The zero-order valence-electron chi connectivity index (χ0n) is 18.4. The first-order valence-corrected chi connectivity index (χ1v) is 10.2. The summed E-state index contributed by atoms with van der Waals surface area (Å²) in [6, 6.07) is 7.91. The monoisotopic (exact) mass is 453 g/mol. The molecule has 8 nitrogen and oxygen atoms in total. The summed E-state index contributed by atoms with van der Waals surface area (Å²) in [7, 11) is 1.48. The Balaban J connectivity index is 1.86. The van der Waals surface area contributed by atoms with E-state index < -0.39 is 48.0 Å². The predicted molar refractivity (Wildman–Crippen MR) is 119 cm³/mol. The van der Waals surface area contributed by atoms with Gasteiger partial charge in [0.2, 0.25) is 0 Å². The molecule has 1 aliphatic rings. The molecule has 1 heterocycles. The number of carboxylic acids is 1. The van der Waals surface area contributed by atoms with E-state index >= 15 is 0 Å². The number of hydrogen-bond acceptors (Lipinski definition) is 4. The van der Waals surface area contributed by atoms with Gasteiger partial charge in [-0.3, -0.25) is 14.4 Å². The molecule has 0 spiro atoms. The second kappa shape index (κ2) is 9.64. The number of halogens is 1. The first kappa shape index (κ1) is 23.6. The van der Waals surface area contributed by atoms with E-state index in [2.05, 4.69) is 10.6 Å². The Morgan fingerprint density at radius 1 is 1.12 bits per heavy atom. The van der Waals surface area contributed by atoms with Crippen molar-refractivity contribution in [3.63, 3.8) is 0 Å². The van der Waals surface area contributed by atoms with Crippen LogP contribution in [0.1, 0.15) is 30.5 Å². The number of nitrogens with zero attached hydrogens (tertiary/aromatic N) is 1. The Hall–Kier alpha value is -4.01. The molecule has 33 heavy (non-hydrogen) atoms. The molecule has 2 atom stereocenters. The Morgan fingerprint density at radius 2 is 1.82 bits per heavy atom. The SMILES string of the molecule is CC1=CC(=O)C(NC(=O)NC(CC(=O)O)c2ccc(F)c(-c3ccccc3C)c2)C(=O)N1C. The number of nitrogens with one attached hydrogen (secondary N) is 2. The van der Waals surface area contributed by atoms with Crippen LogP contribution in [0.25, 0.3) is 11.1 Å². The molecular weight excluding hydrogens is 429 g/mol. The molecule has 1 aliphatic heterocycles. The fourth-order valence-corrected chi connectivity index (χ4v) is 3.61. The summed E-state index contributed by atoms with van der Waals surface area (Å²) in [5.41, 5.74) is 2.54. The van der Waals surface area contributed by atoms with E-state index in [0.29, 0.717) is 16.8 Å². The van der Waals surface area contributed by atoms with Crippen molar-refractivity contribution in [2.75, 3.05) is 7.05 Å². The quantitative estimate of drug-likeness (QED) is 0.582. The summed E-state index contributed by atoms with van der Waals surface area (Å²) in [6.07, 6.45) is 0.757. The summed E-state index contributed by atoms with van der Waals surface area (Å²) in [6.45, 7) is 3.42. The van der Waals surface area contributed by atoms with Gasteiger partial charge in [0, 0.05) is 24.4 Å². The normalized spacial score (nSPS) is 16.8. The molecule has 172 valence electrons. The fraction of sp³-hybridized carbons (Fsp3) is 0.250. The molecule has 0 saturated heterocycles. The van der Waals surface area contributed by atoms with Gasteiger partial charge in [-0.25, -0.2) is 9.18 Å². The van der Waals surface area contributed by atoms with E-state index in [1.165, 1.54) is 36.2 Å². The molecule has 0 aromatic heterocycles. The van der Waals surface area contributed by atoms with Crippen molar-refractivity contribution in [1.29, 1.82) is 0 Å². The number of aryl methyl sites for hydroxylation is 1. The average molecular weight is 453 g/mol. The highest BCUT2D eigenvalue weighted by atomic mass is 19.1. The fourth-order valence-electron chi connectivity index (χ4n) is 3.61. The van der Waals surface area contributed by atoms with E-state index in [4.69, 9.17) is 0 Å². The highest BCUT2D eigenvalue weighted by molar-refractivity contribution is 6.14. The molecule has 2 aromatic rings. The molecule has 3 rings (SSSR count). The summed E-state index contributed by atoms with van der Waals surface area (Å²) in [5.74, 6) is -2.86. The molecule has 3 amide bonds. The lowest BCUT2D eigenvalue weighted by Crippen LogP contribution is -2.56. The minimum Gasteiger partial charge on any atom is -0.481 e. The number of aliphatic carboxylic acids is 1. The number of benzene rings is 2. The number of rotatable bonds is 6. The van der Waals surface area contributed by atoms with E-state index in [9.17, 15) is 28.7 Å². The number of likely N-dealkylation sites (N-methyl/N-ethyl adjacent to an activating group) is 1. The molecule has 0 aliphatic carbocycles. The van der Waals surface area contributed by atoms with Crippen molar-refractivity contribution in [3.05, 3.63) is 71.2 Å². The molecule has 3 N–H and O–H groups in total. The van der Waals surface area contributed by atoms with E-state index in [-0.39, 0.29) is 5.56 Å². The van der Waals surface area contributed by atoms with Crippen LogP contribution in [0.15, 0.2) is 54.2 Å². The lowest BCUT2D eigenvalue weighted by atomic mass is 9.95. The lowest BCUT2D eigenvalue weighted by molar-refractivity contribution is -0.138. The first-order valence-electron chi connectivity index (χ1n) is 10.2. The maximum absolute atomic E-state index is 14.6. The molecule has 2 aromatic carbocycles. The Labute approximate surface area is 190 Å². The van der Waals surface area contributed by atoms with Gasteiger partial charge in [-0.1, -0.05) is 30.3 Å². The van der Waals surface area contributed by atoms with Crippen molar-refractivity contribution in [2.45, 2.75) is 32.4 Å². The van der Waals surface area contributed by atoms with Gasteiger partial charge in [-0.05, 0) is 42.7 Å². The van der Waals surface area contributed by atoms with E-state index in [0.717, 1.165) is 5.56 Å². The number of allylic oxidation sites excluding steroid dienone is 1. The van der Waals surface area contributed by atoms with Crippen LogP contribution < -0.4 is 10.6 Å². The van der Waals surface area contributed by atoms with Crippen molar-refractivity contribution >= 4 is 23.7 Å². The lowest BCUT2D eigenvalue weighted by Gasteiger charge is -2.28. The standard InChI is InChI=1S/C24H24FN3O5/c1-13-6-4-5-7-16(13)17-11-15(8-9-18(17)25)19(12-21(30)31)26-24(33)27-22-20(29)10-14(2)28(3)23(22)32/h4-11,19,22H,12H2,1-3H3,(H,30,31)(H2,26,27,33). The van der Waals surface area contributed by atoms with Gasteiger partial charge in [0.25, 0.3) is 5.91 Å². The van der Waals surface area contributed by atoms with Gasteiger partial charge in [-0.2, -0.15) is 0 Å². The summed E-state index contributed by atoms with van der Waals surface area (Å²) in [5, 5.41) is 14.1. The molecule has 2 unspecified atom stereocenters. The number of carboxylic acid groups (broad SMARTS) is 1. The van der Waals surface area contributed by atoms with Crippen molar-refractivity contribution in [2.24, 2.45) is 0 Å². The molecule has 9 heteroatoms. The maximum atomic E-state index is 14.6. The summed E-state index contributed by atoms with van der Waals surface area (Å²) in [4.78, 5) is 49.9. The Morgan fingerprint density at radius 3 is 2.48 bits per heavy atom. The van der Waals surface area contributed by atoms with Crippen LogP contribution in [0.2, 0.25) is 0 Å². The third-order valence-corrected chi connectivity index (χ3v) is 5.53. The predicted octanol–water partition coefficient (Wildman–Crippen LogP) is 2.93. The van der Waals surface area contributed by atoms with Gasteiger partial charge in [-0.15, -0.1) is 0 Å². The minimum atomic E-state index is -1.42. The highest BCUT2D eigenvalue weighted by Gasteiger charge is 2.34. The van der Waals surface area contributed by atoms with Gasteiger partial charge in [0.15, 0.2) is 11.8 Å². The smallest absolute Gasteiger partial charge is 0.316 e. The topological polar surface area (TPSA) is 116 Å². The van der Waals surface area contributed by atoms with Crippen molar-refractivity contribution in [1.82, 2.24) is 15.5 Å². The van der Waals surface area contributed by atoms with E-state index in [1.807, 2.05) is 19.1 Å². The van der Waals surface area contributed by atoms with Gasteiger partial charge < -0.3 is 20.6 Å². The van der Waals surface area contributed by atoms with Crippen LogP contribution in [0, 0.1) is 12.7 Å². The number of urea groups is 1. The minimum absolute atomic E-state index is 0.267. The third kappa shape index (κ3) is 5.25. The van der Waals surface area contributed by atoms with Crippen molar-refractivity contribution < 1.29 is 28.7 Å². The highest BCUT2D eigenvalue weighted by Crippen LogP contribution is 2.29. The maximum Gasteiger partial charge on any atom is 0.316 e. The summed E-state index contributed by atoms with van der Waals surface area (Å²) < 4.78 is 14.6. The average Bonchev–Trinajstić information content (AvgIpc) is 2.75. The van der Waals surface area contributed by atoms with Crippen LogP contribution >= 0.6 is 0 Å². The summed E-state index contributed by atoms with van der Waals surface area (Å²) >= 11 is 0. The number of carbonyl (C=O) groups excluding carboxylic acids is 3. The van der Waals surface area contributed by atoms with Gasteiger partial charge >= 0.3 is 12.0 Å². The van der Waals surface area contributed by atoms with Crippen LogP contribution in [-0.2, 0) is 14.4 Å². The van der Waals surface area contributed by atoms with Crippen LogP contribution in [0.3, 0.4) is 0 Å². The Bertz CT molecular complexity index is 1160. The zero-order valence-corrected chi connectivity index (χ0v) is 18.4.